The van der Waals surface area contributed by atoms with Crippen LogP contribution in [0.4, 0.5) is 0 Å². The minimum absolute atomic E-state index is 0.448. The second kappa shape index (κ2) is 7.19. The molecule has 1 aromatic heterocycles. The number of hydrogen-bond donors (Lipinski definition) is 1. The lowest BCUT2D eigenvalue weighted by molar-refractivity contribution is -0.0999. The fourth-order valence-corrected chi connectivity index (χ4v) is 5.15. The minimum atomic E-state index is -0.731. The molecule has 5 rings (SSSR count). The number of aromatic nitrogens is 2. The predicted molar refractivity (Wildman–Crippen MR) is 110 cm³/mol. The largest absolute Gasteiger partial charge is 0.385 e. The average molecular weight is 374 g/mol. The molecule has 2 saturated heterocycles. The first kappa shape index (κ1) is 17.7. The van der Waals surface area contributed by atoms with Crippen molar-refractivity contribution < 1.29 is 5.11 Å². The van der Waals surface area contributed by atoms with E-state index >= 15 is 0 Å². The molecule has 4 nitrogen and oxygen atoms in total. The lowest BCUT2D eigenvalue weighted by Crippen LogP contribution is -2.56. The van der Waals surface area contributed by atoms with Gasteiger partial charge in [-0.25, -0.2) is 4.68 Å². The molecule has 3 aromatic rings. The Morgan fingerprint density at radius 2 is 1.64 bits per heavy atom. The second-order valence-electron chi connectivity index (χ2n) is 8.33. The van der Waals surface area contributed by atoms with Crippen LogP contribution in [-0.4, -0.2) is 31.9 Å². The van der Waals surface area contributed by atoms with Gasteiger partial charge in [-0.05, 0) is 55.0 Å². The predicted octanol–water partition coefficient (Wildman–Crippen LogP) is 4.28. The third kappa shape index (κ3) is 3.27. The van der Waals surface area contributed by atoms with Gasteiger partial charge in [0.25, 0.3) is 0 Å². The Bertz CT molecular complexity index is 891. The Hall–Kier alpha value is -2.43. The molecule has 2 bridgehead atoms. The zero-order valence-corrected chi connectivity index (χ0v) is 16.1. The second-order valence-corrected chi connectivity index (χ2v) is 8.33. The molecule has 2 aliphatic heterocycles. The summed E-state index contributed by atoms with van der Waals surface area (Å²) in [6.07, 6.45) is 8.99. The molecule has 2 fully saturated rings. The molecule has 0 aliphatic carbocycles. The molecule has 0 saturated carbocycles. The highest BCUT2D eigenvalue weighted by Gasteiger charge is 2.46. The highest BCUT2D eigenvalue weighted by Crippen LogP contribution is 2.44. The van der Waals surface area contributed by atoms with Gasteiger partial charge in [0.1, 0.15) is 0 Å². The van der Waals surface area contributed by atoms with Crippen molar-refractivity contribution in [3.8, 4) is 5.69 Å². The van der Waals surface area contributed by atoms with Gasteiger partial charge < -0.3 is 5.11 Å². The molecular weight excluding hydrogens is 346 g/mol. The molecule has 0 amide bonds. The third-order valence-corrected chi connectivity index (χ3v) is 6.54. The molecule has 4 heteroatoms. The van der Waals surface area contributed by atoms with Crippen molar-refractivity contribution in [2.24, 2.45) is 0 Å². The van der Waals surface area contributed by atoms with E-state index in [9.17, 15) is 5.11 Å². The van der Waals surface area contributed by atoms with Crippen molar-refractivity contribution in [1.82, 2.24) is 14.7 Å². The number of nitrogens with zero attached hydrogens (tertiary/aromatic N) is 3. The van der Waals surface area contributed by atoms with Gasteiger partial charge in [-0.1, -0.05) is 48.9 Å². The number of fused-ring (bicyclic) bond motifs is 2. The van der Waals surface area contributed by atoms with Crippen molar-refractivity contribution in [1.29, 1.82) is 0 Å². The van der Waals surface area contributed by atoms with Crippen LogP contribution < -0.4 is 0 Å². The van der Waals surface area contributed by atoms with Crippen LogP contribution in [0.1, 0.15) is 43.2 Å². The molecule has 2 aliphatic rings. The van der Waals surface area contributed by atoms with Crippen molar-refractivity contribution in [3.05, 3.63) is 84.2 Å². The van der Waals surface area contributed by atoms with E-state index in [4.69, 9.17) is 0 Å². The smallest absolute Gasteiger partial charge is 0.0926 e. The molecule has 2 unspecified atom stereocenters. The summed E-state index contributed by atoms with van der Waals surface area (Å²) in [5.74, 6) is 0. The van der Waals surface area contributed by atoms with Crippen molar-refractivity contribution in [2.75, 3.05) is 0 Å². The van der Waals surface area contributed by atoms with Gasteiger partial charge in [0.05, 0.1) is 11.3 Å². The van der Waals surface area contributed by atoms with E-state index in [0.717, 1.165) is 30.6 Å². The third-order valence-electron chi connectivity index (χ3n) is 6.54. The first-order valence-electron chi connectivity index (χ1n) is 10.3. The van der Waals surface area contributed by atoms with Crippen LogP contribution in [0.2, 0.25) is 0 Å². The summed E-state index contributed by atoms with van der Waals surface area (Å²) < 4.78 is 1.85. The van der Waals surface area contributed by atoms with Gasteiger partial charge in [-0.3, -0.25) is 4.90 Å². The van der Waals surface area contributed by atoms with E-state index in [2.05, 4.69) is 64.6 Å². The van der Waals surface area contributed by atoms with Crippen LogP contribution in [0.25, 0.3) is 5.69 Å². The molecule has 0 radical (unpaired) electrons. The summed E-state index contributed by atoms with van der Waals surface area (Å²) in [4.78, 5) is 2.64. The number of piperidine rings is 2. The summed E-state index contributed by atoms with van der Waals surface area (Å²) in [7, 11) is 0. The number of benzene rings is 2. The maximum atomic E-state index is 11.6. The quantitative estimate of drug-likeness (QED) is 0.742. The number of rotatable bonds is 4. The van der Waals surface area contributed by atoms with Gasteiger partial charge in [-0.2, -0.15) is 5.10 Å². The number of aliphatic hydroxyl groups is 1. The molecule has 144 valence electrons. The Balaban J connectivity index is 1.37. The zero-order valence-electron chi connectivity index (χ0n) is 16.1. The lowest BCUT2D eigenvalue weighted by atomic mass is 9.72. The highest BCUT2D eigenvalue weighted by atomic mass is 16.3. The van der Waals surface area contributed by atoms with E-state index in [0.29, 0.717) is 12.1 Å². The summed E-state index contributed by atoms with van der Waals surface area (Å²) in [5, 5.41) is 15.9. The summed E-state index contributed by atoms with van der Waals surface area (Å²) in [6.45, 7) is 0.991. The topological polar surface area (TPSA) is 41.3 Å². The number of hydrogen-bond acceptors (Lipinski definition) is 3. The summed E-state index contributed by atoms with van der Waals surface area (Å²) in [6, 6.07) is 21.8. The fourth-order valence-electron chi connectivity index (χ4n) is 5.15. The zero-order chi connectivity index (χ0) is 19.0. The minimum Gasteiger partial charge on any atom is -0.385 e. The highest BCUT2D eigenvalue weighted by molar-refractivity contribution is 5.36. The average Bonchev–Trinajstić information content (AvgIpc) is 3.25. The van der Waals surface area contributed by atoms with E-state index in [1.165, 1.54) is 24.8 Å². The van der Waals surface area contributed by atoms with Crippen molar-refractivity contribution in [2.45, 2.75) is 56.3 Å². The normalized spacial score (nSPS) is 27.6. The van der Waals surface area contributed by atoms with E-state index in [1.54, 1.807) is 6.20 Å². The SMILES string of the molecule is OC1(c2ccc(-n3cccn3)cc2)CC2CCCC(C1)N2Cc1ccccc1. The van der Waals surface area contributed by atoms with Gasteiger partial charge in [0, 0.05) is 31.0 Å². The Labute approximate surface area is 166 Å². The van der Waals surface area contributed by atoms with Crippen LogP contribution in [-0.2, 0) is 12.1 Å². The van der Waals surface area contributed by atoms with Gasteiger partial charge >= 0.3 is 0 Å². The van der Waals surface area contributed by atoms with Crippen LogP contribution in [0, 0.1) is 0 Å². The van der Waals surface area contributed by atoms with E-state index < -0.39 is 5.60 Å². The Kier molecular flexibility index (Phi) is 4.53. The van der Waals surface area contributed by atoms with Crippen molar-refractivity contribution in [3.63, 3.8) is 0 Å². The summed E-state index contributed by atoms with van der Waals surface area (Å²) in [5.41, 5.74) is 2.71. The molecule has 28 heavy (non-hydrogen) atoms. The van der Waals surface area contributed by atoms with Crippen LogP contribution >= 0.6 is 0 Å². The van der Waals surface area contributed by atoms with E-state index in [-0.39, 0.29) is 0 Å². The maximum absolute atomic E-state index is 11.6. The molecule has 0 spiro atoms. The Morgan fingerprint density at radius 3 is 2.29 bits per heavy atom. The fraction of sp³-hybridized carbons (Fsp3) is 0.375. The van der Waals surface area contributed by atoms with Gasteiger partial charge in [-0.15, -0.1) is 0 Å². The van der Waals surface area contributed by atoms with Crippen LogP contribution in [0.3, 0.4) is 0 Å². The summed E-state index contributed by atoms with van der Waals surface area (Å²) >= 11 is 0. The standard InChI is InChI=1S/C24H27N3O/c28-24(20-10-12-21(13-11-20)27-15-5-14-25-27)16-22-8-4-9-23(17-24)26(22)18-19-6-2-1-3-7-19/h1-3,5-7,10-15,22-23,28H,4,8-9,16-18H2. The maximum Gasteiger partial charge on any atom is 0.0926 e. The molecular formula is C24H27N3O. The lowest BCUT2D eigenvalue weighted by Gasteiger charge is -2.52. The van der Waals surface area contributed by atoms with Crippen LogP contribution in [0.15, 0.2) is 73.1 Å². The molecule has 1 N–H and O–H groups in total. The monoisotopic (exact) mass is 373 g/mol. The first-order chi connectivity index (χ1) is 13.7. The van der Waals surface area contributed by atoms with E-state index in [1.807, 2.05) is 16.9 Å². The molecule has 3 heterocycles. The Morgan fingerprint density at radius 1 is 0.929 bits per heavy atom. The first-order valence-corrected chi connectivity index (χ1v) is 10.3. The van der Waals surface area contributed by atoms with Crippen molar-refractivity contribution >= 4 is 0 Å². The molecule has 2 atom stereocenters. The molecule has 2 aromatic carbocycles. The van der Waals surface area contributed by atoms with Gasteiger partial charge in [0.15, 0.2) is 0 Å². The van der Waals surface area contributed by atoms with Gasteiger partial charge in [0.2, 0.25) is 0 Å². The van der Waals surface area contributed by atoms with Crippen LogP contribution in [0.5, 0.6) is 0 Å².